The lowest BCUT2D eigenvalue weighted by atomic mass is 9.96. The van der Waals surface area contributed by atoms with Crippen LogP contribution in [-0.4, -0.2) is 37.3 Å². The molecule has 1 fully saturated rings. The van der Waals surface area contributed by atoms with E-state index < -0.39 is 0 Å². The smallest absolute Gasteiger partial charge is 0.0812 e. The highest BCUT2D eigenvalue weighted by molar-refractivity contribution is 7.80. The van der Waals surface area contributed by atoms with Crippen LogP contribution in [0.3, 0.4) is 0 Å². The summed E-state index contributed by atoms with van der Waals surface area (Å²) >= 11 is 5.55. The number of nitrogens with one attached hydrogen (secondary N) is 2. The molecule has 1 aliphatic rings. The molecule has 5 heteroatoms. The molecule has 0 amide bonds. The van der Waals surface area contributed by atoms with Gasteiger partial charge in [-0.25, -0.2) is 0 Å². The molecule has 22 heavy (non-hydrogen) atoms. The van der Waals surface area contributed by atoms with Gasteiger partial charge in [0.05, 0.1) is 11.1 Å². The van der Waals surface area contributed by atoms with Crippen molar-refractivity contribution in [2.75, 3.05) is 20.2 Å². The van der Waals surface area contributed by atoms with Gasteiger partial charge in [-0.2, -0.15) is 0 Å². The normalized spacial score (nSPS) is 20.0. The zero-order valence-electron chi connectivity index (χ0n) is 13.4. The maximum absolute atomic E-state index is 5.69. The van der Waals surface area contributed by atoms with Crippen LogP contribution in [0.2, 0.25) is 0 Å². The minimum atomic E-state index is 0. The van der Waals surface area contributed by atoms with Crippen LogP contribution in [0.15, 0.2) is 30.3 Å². The average molecular weight is 343 g/mol. The Morgan fingerprint density at radius 1 is 1.41 bits per heavy atom. The van der Waals surface area contributed by atoms with Crippen molar-refractivity contribution in [3.8, 4) is 0 Å². The van der Waals surface area contributed by atoms with Crippen LogP contribution in [0.25, 0.3) is 0 Å². The molecule has 0 spiro atoms. The van der Waals surface area contributed by atoms with E-state index in [1.807, 2.05) is 6.07 Å². The molecule has 3 nitrogen and oxygen atoms in total. The number of benzene rings is 1. The van der Waals surface area contributed by atoms with Crippen molar-refractivity contribution in [1.29, 1.82) is 0 Å². The minimum absolute atomic E-state index is 0. The molecule has 0 saturated carbocycles. The molecule has 1 heterocycles. The zero-order chi connectivity index (χ0) is 15.1. The van der Waals surface area contributed by atoms with Crippen molar-refractivity contribution >= 4 is 29.6 Å². The first kappa shape index (κ1) is 19.4. The molecule has 1 saturated heterocycles. The van der Waals surface area contributed by atoms with Gasteiger partial charge in [0.2, 0.25) is 0 Å². The summed E-state index contributed by atoms with van der Waals surface area (Å²) in [4.78, 5) is 0.909. The molecule has 1 aromatic carbocycles. The van der Waals surface area contributed by atoms with E-state index in [1.54, 1.807) is 7.11 Å². The Labute approximate surface area is 145 Å². The maximum atomic E-state index is 5.69. The van der Waals surface area contributed by atoms with Gasteiger partial charge in [0, 0.05) is 25.6 Å². The predicted octanol–water partition coefficient (Wildman–Crippen LogP) is 2.97. The second-order valence-electron chi connectivity index (χ2n) is 5.72. The van der Waals surface area contributed by atoms with Crippen LogP contribution in [0.4, 0.5) is 0 Å². The summed E-state index contributed by atoms with van der Waals surface area (Å²) in [5.74, 6) is 0.233. The van der Waals surface area contributed by atoms with E-state index in [0.29, 0.717) is 6.04 Å². The first-order valence-corrected chi connectivity index (χ1v) is 8.21. The van der Waals surface area contributed by atoms with Crippen molar-refractivity contribution in [3.63, 3.8) is 0 Å². The molecule has 1 aliphatic heterocycles. The Morgan fingerprint density at radius 3 is 2.73 bits per heavy atom. The van der Waals surface area contributed by atoms with Gasteiger partial charge >= 0.3 is 0 Å². The van der Waals surface area contributed by atoms with Gasteiger partial charge in [-0.3, -0.25) is 0 Å². The molecular formula is C17H27ClN2OS. The second kappa shape index (κ2) is 10.2. The predicted molar refractivity (Wildman–Crippen MR) is 99.0 cm³/mol. The van der Waals surface area contributed by atoms with Crippen molar-refractivity contribution in [2.45, 2.75) is 38.3 Å². The molecule has 0 aliphatic carbocycles. The van der Waals surface area contributed by atoms with Gasteiger partial charge in [-0.05, 0) is 31.4 Å². The Bertz CT molecular complexity index is 438. The molecule has 3 atom stereocenters. The Kier molecular flexibility index (Phi) is 8.95. The number of rotatable bonds is 7. The third-order valence-electron chi connectivity index (χ3n) is 4.23. The Balaban J connectivity index is 0.00000242. The maximum Gasteiger partial charge on any atom is 0.0812 e. The lowest BCUT2D eigenvalue weighted by Gasteiger charge is -2.29. The number of halogens is 1. The highest BCUT2D eigenvalue weighted by Crippen LogP contribution is 2.19. The Morgan fingerprint density at radius 2 is 2.14 bits per heavy atom. The third kappa shape index (κ3) is 5.51. The van der Waals surface area contributed by atoms with Gasteiger partial charge < -0.3 is 15.4 Å². The highest BCUT2D eigenvalue weighted by atomic mass is 35.5. The number of hydrogen-bond donors (Lipinski definition) is 2. The lowest BCUT2D eigenvalue weighted by molar-refractivity contribution is 0.0526. The number of ether oxygens (including phenoxy) is 1. The van der Waals surface area contributed by atoms with E-state index in [-0.39, 0.29) is 24.4 Å². The van der Waals surface area contributed by atoms with Crippen LogP contribution in [0.1, 0.15) is 25.3 Å². The molecule has 0 aromatic heterocycles. The summed E-state index contributed by atoms with van der Waals surface area (Å²) < 4.78 is 5.69. The van der Waals surface area contributed by atoms with Crippen LogP contribution in [0, 0.1) is 5.92 Å². The van der Waals surface area contributed by atoms with Crippen molar-refractivity contribution in [3.05, 3.63) is 35.9 Å². The summed E-state index contributed by atoms with van der Waals surface area (Å²) in [5, 5.41) is 6.91. The standard InChI is InChI=1S/C17H26N2OS.ClH/c1-13(16(20-2)15-9-6-11-18-15)17(21)19-12-10-14-7-4-3-5-8-14;/h3-5,7-8,13,15-16,18H,6,9-12H2,1-2H3,(H,19,21);1H/t13-,15+,16-;/m1./s1. The summed E-state index contributed by atoms with van der Waals surface area (Å²) in [7, 11) is 1.79. The van der Waals surface area contributed by atoms with E-state index in [4.69, 9.17) is 17.0 Å². The summed E-state index contributed by atoms with van der Waals surface area (Å²) in [5.41, 5.74) is 1.33. The Hall–Kier alpha value is -0.680. The topological polar surface area (TPSA) is 33.3 Å². The summed E-state index contributed by atoms with van der Waals surface area (Å²) in [6.45, 7) is 4.12. The fourth-order valence-corrected chi connectivity index (χ4v) is 3.23. The lowest BCUT2D eigenvalue weighted by Crippen LogP contribution is -2.46. The SMILES string of the molecule is CO[C@@H]([C@@H]1CCCN1)[C@@H](C)C(=S)NCCc1ccccc1.Cl. The van der Waals surface area contributed by atoms with E-state index in [2.05, 4.69) is 41.8 Å². The quantitative estimate of drug-likeness (QED) is 0.746. The summed E-state index contributed by atoms with van der Waals surface area (Å²) in [6, 6.07) is 10.9. The molecule has 2 rings (SSSR count). The fraction of sp³-hybridized carbons (Fsp3) is 0.588. The first-order chi connectivity index (χ1) is 10.2. The zero-order valence-corrected chi connectivity index (χ0v) is 15.0. The molecule has 0 radical (unpaired) electrons. The fourth-order valence-electron chi connectivity index (χ4n) is 2.99. The molecule has 124 valence electrons. The highest BCUT2D eigenvalue weighted by Gasteiger charge is 2.30. The largest absolute Gasteiger partial charge is 0.379 e. The number of thiocarbonyl (C=S) groups is 1. The number of methoxy groups -OCH3 is 1. The van der Waals surface area contributed by atoms with Crippen LogP contribution >= 0.6 is 24.6 Å². The van der Waals surface area contributed by atoms with Crippen molar-refractivity contribution in [1.82, 2.24) is 10.6 Å². The van der Waals surface area contributed by atoms with Gasteiger partial charge in [-0.1, -0.05) is 49.5 Å². The van der Waals surface area contributed by atoms with E-state index in [0.717, 1.165) is 24.5 Å². The van der Waals surface area contributed by atoms with Gasteiger partial charge in [0.15, 0.2) is 0 Å². The van der Waals surface area contributed by atoms with E-state index >= 15 is 0 Å². The van der Waals surface area contributed by atoms with Gasteiger partial charge in [-0.15, -0.1) is 12.4 Å². The van der Waals surface area contributed by atoms with Gasteiger partial charge in [0.1, 0.15) is 0 Å². The van der Waals surface area contributed by atoms with Crippen LogP contribution in [-0.2, 0) is 11.2 Å². The molecule has 0 unspecified atom stereocenters. The van der Waals surface area contributed by atoms with Crippen molar-refractivity contribution in [2.24, 2.45) is 5.92 Å². The van der Waals surface area contributed by atoms with Gasteiger partial charge in [0.25, 0.3) is 0 Å². The molecule has 2 N–H and O–H groups in total. The van der Waals surface area contributed by atoms with Crippen LogP contribution < -0.4 is 10.6 Å². The van der Waals surface area contributed by atoms with Crippen molar-refractivity contribution < 1.29 is 4.74 Å². The monoisotopic (exact) mass is 342 g/mol. The second-order valence-corrected chi connectivity index (χ2v) is 6.16. The first-order valence-electron chi connectivity index (χ1n) is 7.80. The third-order valence-corrected chi connectivity index (χ3v) is 4.75. The number of hydrogen-bond acceptors (Lipinski definition) is 3. The summed E-state index contributed by atoms with van der Waals surface area (Å²) in [6.07, 6.45) is 3.55. The van der Waals surface area contributed by atoms with E-state index in [9.17, 15) is 0 Å². The minimum Gasteiger partial charge on any atom is -0.379 e. The molecular weight excluding hydrogens is 316 g/mol. The average Bonchev–Trinajstić information content (AvgIpc) is 3.03. The molecule has 1 aromatic rings. The van der Waals surface area contributed by atoms with Crippen LogP contribution in [0.5, 0.6) is 0 Å². The molecule has 0 bridgehead atoms. The van der Waals surface area contributed by atoms with E-state index in [1.165, 1.54) is 18.4 Å².